The lowest BCUT2D eigenvalue weighted by atomic mass is 9.85. The summed E-state index contributed by atoms with van der Waals surface area (Å²) in [6.45, 7) is -0.641. The predicted octanol–water partition coefficient (Wildman–Crippen LogP) is 1.43. The average molecular weight is 380 g/mol. The van der Waals surface area contributed by atoms with Gasteiger partial charge in [-0.05, 0) is 11.1 Å². The zero-order valence-corrected chi connectivity index (χ0v) is 15.2. The summed E-state index contributed by atoms with van der Waals surface area (Å²) in [5, 5.41) is 10.5. The van der Waals surface area contributed by atoms with Gasteiger partial charge >= 0.3 is 5.97 Å². The standard InChI is InChI=1S/C18H21N3O4.ClH/c1-24-16(23)12-25-11-15(22)21-18(17(19)20)9-7-14(8-10-18)13-5-3-2-4-6-13;/h2-9H,10-12H2,1H3,(H3,19,20)(H,21,22);1H. The Morgan fingerprint density at radius 3 is 2.50 bits per heavy atom. The van der Waals surface area contributed by atoms with Crippen molar-refractivity contribution in [1.82, 2.24) is 5.32 Å². The zero-order valence-electron chi connectivity index (χ0n) is 14.4. The first-order chi connectivity index (χ1) is 12.0. The maximum atomic E-state index is 12.0. The number of carbonyl (C=O) groups excluding carboxylic acids is 2. The van der Waals surface area contributed by atoms with Crippen LogP contribution >= 0.6 is 12.4 Å². The van der Waals surface area contributed by atoms with E-state index in [1.165, 1.54) is 7.11 Å². The Bertz CT molecular complexity index is 718. The summed E-state index contributed by atoms with van der Waals surface area (Å²) < 4.78 is 9.39. The van der Waals surface area contributed by atoms with E-state index in [2.05, 4.69) is 10.1 Å². The largest absolute Gasteiger partial charge is 0.467 e. The van der Waals surface area contributed by atoms with E-state index in [9.17, 15) is 9.59 Å². The molecule has 1 unspecified atom stereocenters. The van der Waals surface area contributed by atoms with Crippen LogP contribution in [0.1, 0.15) is 12.0 Å². The Morgan fingerprint density at radius 1 is 1.27 bits per heavy atom. The van der Waals surface area contributed by atoms with Gasteiger partial charge in [-0.2, -0.15) is 0 Å². The molecule has 1 amide bonds. The molecule has 0 fully saturated rings. The van der Waals surface area contributed by atoms with E-state index in [1.807, 2.05) is 42.5 Å². The highest BCUT2D eigenvalue weighted by atomic mass is 35.5. The van der Waals surface area contributed by atoms with Gasteiger partial charge in [0, 0.05) is 6.42 Å². The summed E-state index contributed by atoms with van der Waals surface area (Å²) in [4.78, 5) is 23.0. The van der Waals surface area contributed by atoms with Crippen LogP contribution in [0.15, 0.2) is 48.6 Å². The molecule has 0 aliphatic heterocycles. The lowest BCUT2D eigenvalue weighted by Crippen LogP contribution is -2.57. The van der Waals surface area contributed by atoms with Gasteiger partial charge in [0.15, 0.2) is 0 Å². The third-order valence-corrected chi connectivity index (χ3v) is 3.82. The second-order valence-electron chi connectivity index (χ2n) is 5.57. The highest BCUT2D eigenvalue weighted by Gasteiger charge is 2.33. The highest BCUT2D eigenvalue weighted by Crippen LogP contribution is 2.27. The monoisotopic (exact) mass is 379 g/mol. The Labute approximate surface area is 158 Å². The number of hydrogen-bond donors (Lipinski definition) is 3. The van der Waals surface area contributed by atoms with Crippen molar-refractivity contribution in [2.75, 3.05) is 20.3 Å². The van der Waals surface area contributed by atoms with Crippen LogP contribution in [0.5, 0.6) is 0 Å². The number of amidine groups is 1. The van der Waals surface area contributed by atoms with Crippen molar-refractivity contribution in [3.8, 4) is 0 Å². The molecule has 2 rings (SSSR count). The van der Waals surface area contributed by atoms with Crippen molar-refractivity contribution < 1.29 is 19.1 Å². The normalized spacial score (nSPS) is 18.3. The lowest BCUT2D eigenvalue weighted by Gasteiger charge is -2.32. The van der Waals surface area contributed by atoms with E-state index in [0.717, 1.165) is 11.1 Å². The number of benzene rings is 1. The molecule has 8 heteroatoms. The Balaban J connectivity index is 0.00000338. The molecular formula is C18H22ClN3O4. The molecule has 7 nitrogen and oxygen atoms in total. The third-order valence-electron chi connectivity index (χ3n) is 3.82. The smallest absolute Gasteiger partial charge is 0.331 e. The number of esters is 1. The number of methoxy groups -OCH3 is 1. The molecule has 1 atom stereocenters. The van der Waals surface area contributed by atoms with E-state index in [4.69, 9.17) is 15.9 Å². The van der Waals surface area contributed by atoms with Crippen LogP contribution in [0.3, 0.4) is 0 Å². The molecule has 0 bridgehead atoms. The van der Waals surface area contributed by atoms with E-state index in [-0.39, 0.29) is 31.5 Å². The number of ether oxygens (including phenoxy) is 2. The van der Waals surface area contributed by atoms with Crippen LogP contribution < -0.4 is 11.1 Å². The van der Waals surface area contributed by atoms with E-state index in [0.29, 0.717) is 6.42 Å². The summed E-state index contributed by atoms with van der Waals surface area (Å²) in [5.74, 6) is -1.21. The lowest BCUT2D eigenvalue weighted by molar-refractivity contribution is -0.147. The molecule has 1 aromatic rings. The van der Waals surface area contributed by atoms with Gasteiger partial charge in [-0.3, -0.25) is 10.2 Å². The number of nitrogens with one attached hydrogen (secondary N) is 2. The van der Waals surface area contributed by atoms with Gasteiger partial charge in [0.2, 0.25) is 5.91 Å². The molecule has 0 saturated carbocycles. The molecule has 0 heterocycles. The number of hydrogen-bond acceptors (Lipinski definition) is 5. The summed E-state index contributed by atoms with van der Waals surface area (Å²) >= 11 is 0. The first kappa shape index (κ1) is 21.4. The predicted molar refractivity (Wildman–Crippen MR) is 101 cm³/mol. The van der Waals surface area contributed by atoms with Gasteiger partial charge in [-0.25, -0.2) is 4.79 Å². The van der Waals surface area contributed by atoms with Gasteiger partial charge in [0.25, 0.3) is 0 Å². The fourth-order valence-corrected chi connectivity index (χ4v) is 2.41. The van der Waals surface area contributed by atoms with Gasteiger partial charge < -0.3 is 20.5 Å². The maximum Gasteiger partial charge on any atom is 0.331 e. The van der Waals surface area contributed by atoms with Crippen LogP contribution in [0.25, 0.3) is 5.57 Å². The Hall–Kier alpha value is -2.64. The molecular weight excluding hydrogens is 358 g/mol. The van der Waals surface area contributed by atoms with Crippen molar-refractivity contribution in [3.05, 3.63) is 54.1 Å². The molecule has 0 aromatic heterocycles. The van der Waals surface area contributed by atoms with Crippen molar-refractivity contribution in [1.29, 1.82) is 5.41 Å². The SMILES string of the molecule is COC(=O)COCC(=O)NC1(C(=N)N)C=CC(c2ccccc2)=CC1.Cl. The quantitative estimate of drug-likeness (QED) is 0.376. The minimum atomic E-state index is -1.09. The number of amides is 1. The minimum Gasteiger partial charge on any atom is -0.467 e. The topological polar surface area (TPSA) is 114 Å². The molecule has 0 radical (unpaired) electrons. The number of nitrogens with two attached hydrogens (primary N) is 1. The Kier molecular flexibility index (Phi) is 8.02. The summed E-state index contributed by atoms with van der Waals surface area (Å²) in [7, 11) is 1.24. The van der Waals surface area contributed by atoms with Gasteiger partial charge in [0.05, 0.1) is 7.11 Å². The first-order valence-electron chi connectivity index (χ1n) is 7.72. The summed E-state index contributed by atoms with van der Waals surface area (Å²) in [5.41, 5.74) is 6.65. The van der Waals surface area contributed by atoms with Crippen LogP contribution in [0, 0.1) is 5.41 Å². The van der Waals surface area contributed by atoms with Crippen LogP contribution in [-0.4, -0.2) is 43.6 Å². The number of rotatable bonds is 7. The van der Waals surface area contributed by atoms with Crippen LogP contribution in [-0.2, 0) is 19.1 Å². The molecule has 1 aliphatic carbocycles. The van der Waals surface area contributed by atoms with Crippen LogP contribution in [0.2, 0.25) is 0 Å². The third kappa shape index (κ3) is 5.44. The van der Waals surface area contributed by atoms with Gasteiger partial charge in [-0.1, -0.05) is 48.6 Å². The molecule has 0 spiro atoms. The fourth-order valence-electron chi connectivity index (χ4n) is 2.41. The highest BCUT2D eigenvalue weighted by molar-refractivity contribution is 5.96. The number of carbonyl (C=O) groups is 2. The van der Waals surface area contributed by atoms with Gasteiger partial charge in [0.1, 0.15) is 24.6 Å². The van der Waals surface area contributed by atoms with Crippen molar-refractivity contribution in [2.45, 2.75) is 12.0 Å². The van der Waals surface area contributed by atoms with E-state index in [1.54, 1.807) is 6.08 Å². The van der Waals surface area contributed by atoms with Gasteiger partial charge in [-0.15, -0.1) is 12.4 Å². The Morgan fingerprint density at radius 2 is 1.96 bits per heavy atom. The van der Waals surface area contributed by atoms with E-state index < -0.39 is 17.4 Å². The average Bonchev–Trinajstić information content (AvgIpc) is 2.62. The summed E-state index contributed by atoms with van der Waals surface area (Å²) in [6.07, 6.45) is 5.81. The second kappa shape index (κ2) is 9.74. The van der Waals surface area contributed by atoms with Crippen molar-refractivity contribution in [2.24, 2.45) is 5.73 Å². The number of allylic oxidation sites excluding steroid dienone is 2. The molecule has 0 saturated heterocycles. The molecule has 1 aromatic carbocycles. The van der Waals surface area contributed by atoms with Crippen LogP contribution in [0.4, 0.5) is 0 Å². The molecule has 4 N–H and O–H groups in total. The van der Waals surface area contributed by atoms with Crippen molar-refractivity contribution >= 4 is 35.7 Å². The molecule has 1 aliphatic rings. The molecule has 26 heavy (non-hydrogen) atoms. The fraction of sp³-hybridized carbons (Fsp3) is 0.278. The second-order valence-corrected chi connectivity index (χ2v) is 5.57. The zero-order chi connectivity index (χ0) is 18.3. The van der Waals surface area contributed by atoms with E-state index >= 15 is 0 Å². The number of halogens is 1. The minimum absolute atomic E-state index is 0. The molecule has 140 valence electrons. The van der Waals surface area contributed by atoms with Crippen molar-refractivity contribution in [3.63, 3.8) is 0 Å². The summed E-state index contributed by atoms with van der Waals surface area (Å²) in [6, 6.07) is 9.78. The maximum absolute atomic E-state index is 12.0. The first-order valence-corrected chi connectivity index (χ1v) is 7.72.